The molecule has 0 spiro atoms. The van der Waals surface area contributed by atoms with Crippen molar-refractivity contribution in [1.29, 1.82) is 0 Å². The lowest BCUT2D eigenvalue weighted by atomic mass is 10.1. The van der Waals surface area contributed by atoms with Crippen molar-refractivity contribution in [3.8, 4) is 5.75 Å². The van der Waals surface area contributed by atoms with Crippen LogP contribution in [0.3, 0.4) is 0 Å². The van der Waals surface area contributed by atoms with E-state index in [2.05, 4.69) is 5.32 Å². The molecule has 3 aromatic rings. The number of amides is 1. The molecular weight excluding hydrogens is 456 g/mol. The molecule has 0 aromatic heterocycles. The third-order valence-corrected chi connectivity index (χ3v) is 6.39. The molecule has 8 nitrogen and oxygen atoms in total. The van der Waals surface area contributed by atoms with Crippen molar-refractivity contribution in [2.75, 3.05) is 11.9 Å². The Labute approximate surface area is 189 Å². The predicted molar refractivity (Wildman–Crippen MR) is 121 cm³/mol. The first kappa shape index (κ1) is 23.2. The van der Waals surface area contributed by atoms with Crippen LogP contribution in [-0.4, -0.2) is 25.9 Å². The molecule has 1 N–H and O–H groups in total. The first-order chi connectivity index (χ1) is 15.2. The zero-order valence-corrected chi connectivity index (χ0v) is 18.5. The Morgan fingerprint density at radius 1 is 1.09 bits per heavy atom. The minimum atomic E-state index is -3.91. The van der Waals surface area contributed by atoms with E-state index >= 15 is 0 Å². The number of hydrogen-bond donors (Lipinski definition) is 1. The summed E-state index contributed by atoms with van der Waals surface area (Å²) in [5, 5.41) is 14.5. The Morgan fingerprint density at radius 3 is 2.47 bits per heavy atom. The van der Waals surface area contributed by atoms with Gasteiger partial charge in [0.25, 0.3) is 11.6 Å². The highest BCUT2D eigenvalue weighted by atomic mass is 35.5. The monoisotopic (exact) mass is 474 g/mol. The molecule has 0 heterocycles. The molecule has 1 amide bonds. The molecular formula is C22H19ClN2O6S. The molecule has 0 unspecified atom stereocenters. The van der Waals surface area contributed by atoms with Crippen molar-refractivity contribution in [2.45, 2.75) is 17.6 Å². The van der Waals surface area contributed by atoms with Gasteiger partial charge < -0.3 is 10.1 Å². The molecule has 32 heavy (non-hydrogen) atoms. The number of benzene rings is 3. The van der Waals surface area contributed by atoms with Gasteiger partial charge in [0.2, 0.25) is 0 Å². The fourth-order valence-corrected chi connectivity index (χ4v) is 4.47. The highest BCUT2D eigenvalue weighted by molar-refractivity contribution is 7.90. The molecule has 0 aliphatic rings. The lowest BCUT2D eigenvalue weighted by Crippen LogP contribution is -2.14. The van der Waals surface area contributed by atoms with Crippen LogP contribution in [0.1, 0.15) is 22.8 Å². The van der Waals surface area contributed by atoms with Gasteiger partial charge >= 0.3 is 0 Å². The third-order valence-electron chi connectivity index (χ3n) is 4.46. The van der Waals surface area contributed by atoms with Crippen LogP contribution in [0.25, 0.3) is 0 Å². The molecule has 10 heteroatoms. The molecule has 166 valence electrons. The summed E-state index contributed by atoms with van der Waals surface area (Å²) in [6, 6.07) is 15.9. The molecule has 3 rings (SSSR count). The van der Waals surface area contributed by atoms with E-state index in [1.54, 1.807) is 24.3 Å². The largest absolute Gasteiger partial charge is 0.494 e. The van der Waals surface area contributed by atoms with Crippen LogP contribution < -0.4 is 10.1 Å². The molecule has 3 aromatic carbocycles. The molecule has 0 atom stereocenters. The highest BCUT2D eigenvalue weighted by Gasteiger charge is 2.24. The summed E-state index contributed by atoms with van der Waals surface area (Å²) < 4.78 is 31.0. The van der Waals surface area contributed by atoms with Gasteiger partial charge in [-0.2, -0.15) is 0 Å². The standard InChI is InChI=1S/C22H19ClN2O6S/c1-2-31-19-5-3-4-18(13-19)24-22(26)15-6-11-21(25(27)28)16(12-15)14-32(29,30)20-9-7-17(23)8-10-20/h3-13H,2,14H2,1H3,(H,24,26). The van der Waals surface area contributed by atoms with E-state index in [9.17, 15) is 23.3 Å². The number of ether oxygens (including phenoxy) is 1. The van der Waals surface area contributed by atoms with Crippen LogP contribution in [0, 0.1) is 10.1 Å². The maximum Gasteiger partial charge on any atom is 0.273 e. The number of carbonyl (C=O) groups excluding carboxylic acids is 1. The average Bonchev–Trinajstić information content (AvgIpc) is 2.74. The quantitative estimate of drug-likeness (QED) is 0.367. The molecule has 0 radical (unpaired) electrons. The first-order valence-corrected chi connectivity index (χ1v) is 11.5. The lowest BCUT2D eigenvalue weighted by Gasteiger charge is -2.10. The van der Waals surface area contributed by atoms with Gasteiger partial charge in [0.05, 0.1) is 22.2 Å². The molecule has 0 bridgehead atoms. The average molecular weight is 475 g/mol. The van der Waals surface area contributed by atoms with Crippen LogP contribution in [0.4, 0.5) is 11.4 Å². The summed E-state index contributed by atoms with van der Waals surface area (Å²) in [6.45, 7) is 2.30. The second-order valence-corrected chi connectivity index (χ2v) is 9.15. The van der Waals surface area contributed by atoms with Crippen LogP contribution >= 0.6 is 11.6 Å². The minimum Gasteiger partial charge on any atom is -0.494 e. The Hall–Kier alpha value is -3.43. The van der Waals surface area contributed by atoms with E-state index < -0.39 is 32.1 Å². The summed E-state index contributed by atoms with van der Waals surface area (Å²) in [4.78, 5) is 23.4. The van der Waals surface area contributed by atoms with Gasteiger partial charge in [0.15, 0.2) is 9.84 Å². The lowest BCUT2D eigenvalue weighted by molar-refractivity contribution is -0.385. The second-order valence-electron chi connectivity index (χ2n) is 6.73. The van der Waals surface area contributed by atoms with Gasteiger partial charge in [-0.3, -0.25) is 14.9 Å². The Bertz CT molecular complexity index is 1260. The second kappa shape index (κ2) is 9.80. The third kappa shape index (κ3) is 5.63. The van der Waals surface area contributed by atoms with E-state index in [1.807, 2.05) is 6.92 Å². The Balaban J connectivity index is 1.90. The topological polar surface area (TPSA) is 116 Å². The zero-order chi connectivity index (χ0) is 23.3. The van der Waals surface area contributed by atoms with Crippen LogP contribution in [0.5, 0.6) is 5.75 Å². The van der Waals surface area contributed by atoms with E-state index in [-0.39, 0.29) is 16.0 Å². The van der Waals surface area contributed by atoms with E-state index in [1.165, 1.54) is 36.4 Å². The summed E-state index contributed by atoms with van der Waals surface area (Å²) >= 11 is 5.80. The van der Waals surface area contributed by atoms with Gasteiger partial charge in [-0.05, 0) is 55.5 Å². The fraction of sp³-hybridized carbons (Fsp3) is 0.136. The maximum absolute atomic E-state index is 12.8. The number of nitrogens with zero attached hydrogens (tertiary/aromatic N) is 1. The SMILES string of the molecule is CCOc1cccc(NC(=O)c2ccc([N+](=O)[O-])c(CS(=O)(=O)c3ccc(Cl)cc3)c2)c1. The van der Waals surface area contributed by atoms with Crippen LogP contribution in [0.15, 0.2) is 71.6 Å². The summed E-state index contributed by atoms with van der Waals surface area (Å²) in [5.41, 5.74) is 0.0615. The zero-order valence-electron chi connectivity index (χ0n) is 16.9. The van der Waals surface area contributed by atoms with Gasteiger partial charge in [-0.15, -0.1) is 0 Å². The van der Waals surface area contributed by atoms with E-state index in [4.69, 9.17) is 16.3 Å². The summed E-state index contributed by atoms with van der Waals surface area (Å²) in [5.74, 6) is -0.617. The number of sulfone groups is 1. The molecule has 0 fully saturated rings. The molecule has 0 saturated carbocycles. The van der Waals surface area contributed by atoms with Crippen molar-refractivity contribution in [1.82, 2.24) is 0 Å². The number of carbonyl (C=O) groups is 1. The Kier molecular flexibility index (Phi) is 7.12. The number of anilines is 1. The highest BCUT2D eigenvalue weighted by Crippen LogP contribution is 2.27. The van der Waals surface area contributed by atoms with E-state index in [0.29, 0.717) is 23.1 Å². The van der Waals surface area contributed by atoms with E-state index in [0.717, 1.165) is 6.07 Å². The smallest absolute Gasteiger partial charge is 0.273 e. The fourth-order valence-electron chi connectivity index (χ4n) is 2.98. The number of nitro groups is 1. The van der Waals surface area contributed by atoms with Gasteiger partial charge in [-0.1, -0.05) is 17.7 Å². The number of hydrogen-bond acceptors (Lipinski definition) is 6. The maximum atomic E-state index is 12.8. The van der Waals surface area contributed by atoms with Crippen molar-refractivity contribution in [3.63, 3.8) is 0 Å². The number of halogens is 1. The van der Waals surface area contributed by atoms with Crippen molar-refractivity contribution in [2.24, 2.45) is 0 Å². The number of nitro benzene ring substituents is 1. The number of rotatable bonds is 8. The number of nitrogens with one attached hydrogen (secondary N) is 1. The van der Waals surface area contributed by atoms with Crippen LogP contribution in [0.2, 0.25) is 5.02 Å². The normalized spacial score (nSPS) is 11.1. The van der Waals surface area contributed by atoms with Crippen molar-refractivity contribution >= 4 is 38.7 Å². The van der Waals surface area contributed by atoms with Crippen molar-refractivity contribution < 1.29 is 22.9 Å². The molecule has 0 aliphatic heterocycles. The van der Waals surface area contributed by atoms with Crippen molar-refractivity contribution in [3.05, 3.63) is 93.0 Å². The van der Waals surface area contributed by atoms with Crippen LogP contribution in [-0.2, 0) is 15.6 Å². The molecule has 0 saturated heterocycles. The summed E-state index contributed by atoms with van der Waals surface area (Å²) in [6.07, 6.45) is 0. The van der Waals surface area contributed by atoms with Gasteiger partial charge in [-0.25, -0.2) is 8.42 Å². The first-order valence-electron chi connectivity index (χ1n) is 9.49. The van der Waals surface area contributed by atoms with Gasteiger partial charge in [0, 0.05) is 34.0 Å². The minimum absolute atomic E-state index is 0.0289. The van der Waals surface area contributed by atoms with Gasteiger partial charge in [0.1, 0.15) is 5.75 Å². The molecule has 0 aliphatic carbocycles. The predicted octanol–water partition coefficient (Wildman–Crippen LogP) is 4.87. The Morgan fingerprint density at radius 2 is 1.81 bits per heavy atom. The summed E-state index contributed by atoms with van der Waals surface area (Å²) in [7, 11) is -3.91.